The number of aromatic nitrogens is 2. The van der Waals surface area contributed by atoms with Gasteiger partial charge >= 0.3 is 12.1 Å². The number of nitrogens with one attached hydrogen (secondary N) is 1. The SMILES string of the molecule is NC(C(=O)N1CCN(C(=O)c2ccc3[nH]ncc3c2)CC1)c1cccc(Br)c1.O=C(O)C(F)(F)F. The summed E-state index contributed by atoms with van der Waals surface area (Å²) in [6, 6.07) is 12.2. The Labute approximate surface area is 205 Å². The summed E-state index contributed by atoms with van der Waals surface area (Å²) in [7, 11) is 0. The van der Waals surface area contributed by atoms with E-state index in [1.165, 1.54) is 0 Å². The number of fused-ring (bicyclic) bond motifs is 1. The van der Waals surface area contributed by atoms with Crippen LogP contribution in [0.5, 0.6) is 0 Å². The van der Waals surface area contributed by atoms with Crippen LogP contribution >= 0.6 is 15.9 Å². The van der Waals surface area contributed by atoms with Gasteiger partial charge in [0, 0.05) is 41.6 Å². The molecular formula is C22H21BrF3N5O4. The lowest BCUT2D eigenvalue weighted by Gasteiger charge is -2.36. The van der Waals surface area contributed by atoms with Crippen LogP contribution in [-0.2, 0) is 9.59 Å². The van der Waals surface area contributed by atoms with Crippen LogP contribution in [0.1, 0.15) is 22.0 Å². The number of carboxylic acids is 1. The van der Waals surface area contributed by atoms with E-state index in [9.17, 15) is 22.8 Å². The lowest BCUT2D eigenvalue weighted by atomic mass is 10.1. The number of hydrogen-bond acceptors (Lipinski definition) is 5. The Morgan fingerprint density at radius 1 is 1.06 bits per heavy atom. The standard InChI is InChI=1S/C20H20BrN5O2.C2HF3O2/c21-16-3-1-2-13(11-16)18(22)20(28)26-8-6-25(7-9-26)19(27)14-4-5-17-15(10-14)12-23-24-17;3-2(4,5)1(6)7/h1-5,10-12,18H,6-9,22H2,(H,23,24);(H,6,7). The van der Waals surface area contributed by atoms with Crippen molar-refractivity contribution in [1.82, 2.24) is 20.0 Å². The van der Waals surface area contributed by atoms with Crippen LogP contribution in [0.3, 0.4) is 0 Å². The van der Waals surface area contributed by atoms with Gasteiger partial charge < -0.3 is 20.6 Å². The maximum Gasteiger partial charge on any atom is 0.490 e. The second kappa shape index (κ2) is 10.9. The van der Waals surface area contributed by atoms with Gasteiger partial charge in [-0.05, 0) is 35.9 Å². The van der Waals surface area contributed by atoms with E-state index < -0.39 is 18.2 Å². The van der Waals surface area contributed by atoms with Gasteiger partial charge in [-0.3, -0.25) is 14.7 Å². The number of nitrogens with zero attached hydrogens (tertiary/aromatic N) is 3. The average Bonchev–Trinajstić information content (AvgIpc) is 3.30. The Balaban J connectivity index is 0.000000429. The predicted molar refractivity (Wildman–Crippen MR) is 123 cm³/mol. The number of H-pyrrole nitrogens is 1. The van der Waals surface area contributed by atoms with Crippen molar-refractivity contribution in [3.05, 3.63) is 64.3 Å². The number of carbonyl (C=O) groups is 3. The molecule has 3 aromatic rings. The molecule has 2 heterocycles. The van der Waals surface area contributed by atoms with E-state index in [0.717, 1.165) is 20.9 Å². The molecule has 0 bridgehead atoms. The summed E-state index contributed by atoms with van der Waals surface area (Å²) in [5.41, 5.74) is 8.46. The number of piperazine rings is 1. The third-order valence-corrected chi connectivity index (χ3v) is 5.78. The molecule has 35 heavy (non-hydrogen) atoms. The molecule has 0 radical (unpaired) electrons. The van der Waals surface area contributed by atoms with Gasteiger partial charge in [0.25, 0.3) is 5.91 Å². The molecule has 1 unspecified atom stereocenters. The number of rotatable bonds is 3. The van der Waals surface area contributed by atoms with Gasteiger partial charge in [-0.1, -0.05) is 28.1 Å². The first kappa shape index (κ1) is 26.2. The summed E-state index contributed by atoms with van der Waals surface area (Å²) in [6.07, 6.45) is -3.38. The average molecular weight is 556 g/mol. The Morgan fingerprint density at radius 3 is 2.29 bits per heavy atom. The number of aromatic amines is 1. The number of nitrogens with two attached hydrogens (primary N) is 1. The minimum absolute atomic E-state index is 0.0357. The maximum absolute atomic E-state index is 12.8. The molecular weight excluding hydrogens is 535 g/mol. The monoisotopic (exact) mass is 555 g/mol. The molecule has 1 aliphatic rings. The third kappa shape index (κ3) is 6.57. The summed E-state index contributed by atoms with van der Waals surface area (Å²) in [6.45, 7) is 1.92. The van der Waals surface area contributed by atoms with Gasteiger partial charge in [0.15, 0.2) is 0 Å². The highest BCUT2D eigenvalue weighted by Gasteiger charge is 2.38. The van der Waals surface area contributed by atoms with Crippen LogP contribution in [0.4, 0.5) is 13.2 Å². The first-order chi connectivity index (χ1) is 16.5. The minimum Gasteiger partial charge on any atom is -0.475 e. The first-order valence-corrected chi connectivity index (χ1v) is 11.1. The van der Waals surface area contributed by atoms with Crippen LogP contribution in [0.25, 0.3) is 10.9 Å². The number of halogens is 4. The second-order valence-corrected chi connectivity index (χ2v) is 8.54. The molecule has 4 N–H and O–H groups in total. The quantitative estimate of drug-likeness (QED) is 0.455. The number of carbonyl (C=O) groups excluding carboxylic acids is 2. The molecule has 1 atom stereocenters. The topological polar surface area (TPSA) is 133 Å². The van der Waals surface area contributed by atoms with E-state index in [0.29, 0.717) is 31.7 Å². The smallest absolute Gasteiger partial charge is 0.475 e. The lowest BCUT2D eigenvalue weighted by molar-refractivity contribution is -0.192. The fourth-order valence-corrected chi connectivity index (χ4v) is 3.84. The second-order valence-electron chi connectivity index (χ2n) is 7.63. The molecule has 0 aliphatic carbocycles. The summed E-state index contributed by atoms with van der Waals surface area (Å²) in [4.78, 5) is 37.9. The zero-order valence-electron chi connectivity index (χ0n) is 18.1. The highest BCUT2D eigenvalue weighted by Crippen LogP contribution is 2.20. The molecule has 9 nitrogen and oxygen atoms in total. The van der Waals surface area contributed by atoms with Crippen molar-refractivity contribution in [2.45, 2.75) is 12.2 Å². The van der Waals surface area contributed by atoms with Gasteiger partial charge in [-0.15, -0.1) is 0 Å². The number of benzene rings is 2. The van der Waals surface area contributed by atoms with Gasteiger partial charge in [0.05, 0.1) is 11.7 Å². The molecule has 2 amide bonds. The van der Waals surface area contributed by atoms with E-state index in [2.05, 4.69) is 26.1 Å². The van der Waals surface area contributed by atoms with Crippen LogP contribution in [0, 0.1) is 0 Å². The normalized spacial score (nSPS) is 14.8. The molecule has 4 rings (SSSR count). The molecule has 1 fully saturated rings. The van der Waals surface area contributed by atoms with E-state index in [4.69, 9.17) is 15.6 Å². The zero-order valence-corrected chi connectivity index (χ0v) is 19.7. The molecule has 1 aromatic heterocycles. The first-order valence-electron chi connectivity index (χ1n) is 10.3. The Morgan fingerprint density at radius 2 is 1.69 bits per heavy atom. The largest absolute Gasteiger partial charge is 0.490 e. The van der Waals surface area contributed by atoms with E-state index in [1.807, 2.05) is 36.4 Å². The Hall–Kier alpha value is -3.45. The lowest BCUT2D eigenvalue weighted by Crippen LogP contribution is -2.52. The van der Waals surface area contributed by atoms with E-state index >= 15 is 0 Å². The highest BCUT2D eigenvalue weighted by atomic mass is 79.9. The van der Waals surface area contributed by atoms with E-state index in [-0.39, 0.29) is 11.8 Å². The fourth-order valence-electron chi connectivity index (χ4n) is 3.43. The maximum atomic E-state index is 12.8. The van der Waals surface area contributed by atoms with Crippen LogP contribution in [0.2, 0.25) is 0 Å². The van der Waals surface area contributed by atoms with Crippen molar-refractivity contribution in [3.8, 4) is 0 Å². The van der Waals surface area contributed by atoms with Crippen molar-refractivity contribution >= 4 is 44.6 Å². The number of amides is 2. The summed E-state index contributed by atoms with van der Waals surface area (Å²) < 4.78 is 32.6. The molecule has 1 saturated heterocycles. The van der Waals surface area contributed by atoms with Crippen molar-refractivity contribution < 1.29 is 32.7 Å². The molecule has 0 spiro atoms. The van der Waals surface area contributed by atoms with Gasteiger partial charge in [0.1, 0.15) is 6.04 Å². The molecule has 1 aliphatic heterocycles. The number of alkyl halides is 3. The number of hydrogen-bond donors (Lipinski definition) is 3. The van der Waals surface area contributed by atoms with Crippen molar-refractivity contribution in [1.29, 1.82) is 0 Å². The van der Waals surface area contributed by atoms with Crippen molar-refractivity contribution in [3.63, 3.8) is 0 Å². The van der Waals surface area contributed by atoms with Crippen LogP contribution in [-0.4, -0.2) is 75.2 Å². The molecule has 186 valence electrons. The zero-order chi connectivity index (χ0) is 25.8. The fraction of sp³-hybridized carbons (Fsp3) is 0.273. The van der Waals surface area contributed by atoms with Crippen molar-refractivity contribution in [2.24, 2.45) is 5.73 Å². The third-order valence-electron chi connectivity index (χ3n) is 5.28. The van der Waals surface area contributed by atoms with Gasteiger partial charge in [-0.2, -0.15) is 18.3 Å². The van der Waals surface area contributed by atoms with Crippen LogP contribution < -0.4 is 5.73 Å². The Bertz CT molecular complexity index is 1230. The van der Waals surface area contributed by atoms with Crippen LogP contribution in [0.15, 0.2) is 53.1 Å². The summed E-state index contributed by atoms with van der Waals surface area (Å²) in [5.74, 6) is -2.91. The number of carboxylic acid groups (broad SMARTS) is 1. The summed E-state index contributed by atoms with van der Waals surface area (Å²) >= 11 is 3.40. The molecule has 13 heteroatoms. The Kier molecular flexibility index (Phi) is 8.12. The van der Waals surface area contributed by atoms with E-state index in [1.54, 1.807) is 22.1 Å². The van der Waals surface area contributed by atoms with Gasteiger partial charge in [-0.25, -0.2) is 4.79 Å². The highest BCUT2D eigenvalue weighted by molar-refractivity contribution is 9.10. The summed E-state index contributed by atoms with van der Waals surface area (Å²) in [5, 5.41) is 14.9. The minimum atomic E-state index is -5.08. The number of aliphatic carboxylic acids is 1. The van der Waals surface area contributed by atoms with Crippen molar-refractivity contribution in [2.75, 3.05) is 26.2 Å². The molecule has 2 aromatic carbocycles. The predicted octanol–water partition coefficient (Wildman–Crippen LogP) is 2.94. The van der Waals surface area contributed by atoms with Gasteiger partial charge in [0.2, 0.25) is 5.91 Å². The molecule has 0 saturated carbocycles.